The van der Waals surface area contributed by atoms with Crippen LogP contribution in [-0.4, -0.2) is 20.9 Å². The number of benzene rings is 2. The Morgan fingerprint density at radius 3 is 2.70 bits per heavy atom. The van der Waals surface area contributed by atoms with Gasteiger partial charge in [-0.3, -0.25) is 4.79 Å². The largest absolute Gasteiger partial charge is 0.511 e. The van der Waals surface area contributed by atoms with E-state index in [0.29, 0.717) is 33.3 Å². The first-order chi connectivity index (χ1) is 15.7. The lowest BCUT2D eigenvalue weighted by atomic mass is 9.58. The summed E-state index contributed by atoms with van der Waals surface area (Å²) in [6.45, 7) is 8.29. The Kier molecular flexibility index (Phi) is 5.02. The summed E-state index contributed by atoms with van der Waals surface area (Å²) >= 11 is 6.03. The Labute approximate surface area is 198 Å². The van der Waals surface area contributed by atoms with Crippen LogP contribution in [0.25, 0.3) is 16.6 Å². The van der Waals surface area contributed by atoms with Gasteiger partial charge < -0.3 is 9.84 Å². The minimum atomic E-state index is -0.494. The highest BCUT2D eigenvalue weighted by Gasteiger charge is 2.61. The van der Waals surface area contributed by atoms with Gasteiger partial charge in [0.25, 0.3) is 0 Å². The van der Waals surface area contributed by atoms with E-state index in [4.69, 9.17) is 16.3 Å². The molecule has 2 aromatic carbocycles. The fourth-order valence-corrected chi connectivity index (χ4v) is 5.68. The summed E-state index contributed by atoms with van der Waals surface area (Å²) < 4.78 is 6.03. The molecule has 2 atom stereocenters. The molecule has 2 aliphatic carbocycles. The van der Waals surface area contributed by atoms with Crippen molar-refractivity contribution in [3.05, 3.63) is 64.5 Å². The van der Waals surface area contributed by atoms with Gasteiger partial charge in [-0.15, -0.1) is 0 Å². The molecule has 0 amide bonds. The van der Waals surface area contributed by atoms with E-state index in [9.17, 15) is 9.90 Å². The molecule has 1 heterocycles. The van der Waals surface area contributed by atoms with Crippen molar-refractivity contribution in [3.8, 4) is 11.6 Å². The normalized spacial score (nSPS) is 23.9. The van der Waals surface area contributed by atoms with Crippen LogP contribution in [0.4, 0.5) is 0 Å². The molecule has 1 N–H and O–H groups in total. The molecule has 5 nitrogen and oxygen atoms in total. The highest BCUT2D eigenvalue weighted by atomic mass is 35.5. The highest BCUT2D eigenvalue weighted by molar-refractivity contribution is 6.31. The van der Waals surface area contributed by atoms with Gasteiger partial charge in [0.2, 0.25) is 5.88 Å². The summed E-state index contributed by atoms with van der Waals surface area (Å²) in [6, 6.07) is 11.0. The molecule has 0 saturated heterocycles. The van der Waals surface area contributed by atoms with Gasteiger partial charge in [0, 0.05) is 16.4 Å². The highest BCUT2D eigenvalue weighted by Crippen LogP contribution is 2.63. The molecule has 170 valence electrons. The second-order valence-corrected chi connectivity index (χ2v) is 10.3. The molecule has 3 aromatic rings. The Bertz CT molecular complexity index is 1330. The number of hydrogen-bond acceptors (Lipinski definition) is 5. The first-order valence-corrected chi connectivity index (χ1v) is 11.7. The van der Waals surface area contributed by atoms with Crippen molar-refractivity contribution in [2.75, 3.05) is 0 Å². The van der Waals surface area contributed by atoms with Crippen molar-refractivity contribution in [1.82, 2.24) is 9.97 Å². The number of rotatable bonds is 4. The van der Waals surface area contributed by atoms with Gasteiger partial charge in [0.1, 0.15) is 11.5 Å². The number of aliphatic hydroxyl groups excluding tert-OH is 1. The zero-order valence-electron chi connectivity index (χ0n) is 19.3. The molecule has 2 aliphatic rings. The standard InChI is InChI=1S/C27H27ClN2O3/c1-5-15-6-8-17(33-22-14-29-21-12-16(28)7-9-20(21)30-22)13-18(15)23-24(31)19-10-11-27(4,25(23)32)26(19,2)3/h6-9,12-14,19,31H,5,10-11H2,1-4H3/t19-,27+/m0/s1. The molecular formula is C27H27ClN2O3. The molecule has 0 unspecified atom stereocenters. The van der Waals surface area contributed by atoms with Crippen molar-refractivity contribution >= 4 is 34.0 Å². The number of carbonyl (C=O) groups excluding carboxylic acids is 1. The van der Waals surface area contributed by atoms with Gasteiger partial charge >= 0.3 is 0 Å². The van der Waals surface area contributed by atoms with Crippen LogP contribution in [0, 0.1) is 16.7 Å². The summed E-state index contributed by atoms with van der Waals surface area (Å²) in [7, 11) is 0. The van der Waals surface area contributed by atoms with Crippen LogP contribution in [0.1, 0.15) is 51.7 Å². The zero-order chi connectivity index (χ0) is 23.5. The number of fused-ring (bicyclic) bond motifs is 3. The third-order valence-corrected chi connectivity index (χ3v) is 8.21. The zero-order valence-corrected chi connectivity index (χ0v) is 20.0. The van der Waals surface area contributed by atoms with Crippen LogP contribution >= 0.6 is 11.6 Å². The minimum absolute atomic E-state index is 0.0213. The molecule has 1 aromatic heterocycles. The lowest BCUT2D eigenvalue weighted by Gasteiger charge is -2.45. The molecule has 33 heavy (non-hydrogen) atoms. The van der Waals surface area contributed by atoms with Crippen LogP contribution in [0.5, 0.6) is 11.6 Å². The molecule has 0 aliphatic heterocycles. The number of nitrogens with zero attached hydrogens (tertiary/aromatic N) is 2. The average molecular weight is 463 g/mol. The fourth-order valence-electron chi connectivity index (χ4n) is 5.51. The number of aliphatic hydroxyl groups is 1. The number of hydrogen-bond donors (Lipinski definition) is 1. The second-order valence-electron chi connectivity index (χ2n) is 9.85. The van der Waals surface area contributed by atoms with Gasteiger partial charge in [-0.2, -0.15) is 0 Å². The maximum Gasteiger partial charge on any atom is 0.238 e. The number of ether oxygens (including phenoxy) is 1. The van der Waals surface area contributed by atoms with Crippen LogP contribution in [0.15, 0.2) is 48.4 Å². The number of aromatic nitrogens is 2. The monoisotopic (exact) mass is 462 g/mol. The Morgan fingerprint density at radius 2 is 1.94 bits per heavy atom. The van der Waals surface area contributed by atoms with Gasteiger partial charge in [-0.1, -0.05) is 45.4 Å². The quantitative estimate of drug-likeness (QED) is 0.455. The maximum atomic E-state index is 13.8. The SMILES string of the molecule is CCc1ccc(Oc2cnc3cc(Cl)ccc3n2)cc1C1=C(O)[C@@H]2CC[C@](C)(C1=O)C2(C)C. The van der Waals surface area contributed by atoms with E-state index >= 15 is 0 Å². The van der Waals surface area contributed by atoms with Gasteiger partial charge in [-0.05, 0) is 66.1 Å². The molecule has 6 heteroatoms. The lowest BCUT2D eigenvalue weighted by molar-refractivity contribution is -0.128. The van der Waals surface area contributed by atoms with Gasteiger partial charge in [0.05, 0.1) is 22.8 Å². The van der Waals surface area contributed by atoms with Crippen LogP contribution < -0.4 is 4.74 Å². The maximum absolute atomic E-state index is 13.8. The molecule has 0 spiro atoms. The number of halogens is 1. The van der Waals surface area contributed by atoms with Crippen molar-refractivity contribution in [2.24, 2.45) is 16.7 Å². The van der Waals surface area contributed by atoms with E-state index in [-0.39, 0.29) is 22.9 Å². The lowest BCUT2D eigenvalue weighted by Crippen LogP contribution is -2.45. The minimum Gasteiger partial charge on any atom is -0.511 e. The number of aryl methyl sites for hydroxylation is 1. The molecular weight excluding hydrogens is 436 g/mol. The number of Topliss-reactive ketones (excluding diaryl/α,β-unsaturated/α-hetero) is 1. The van der Waals surface area contributed by atoms with Crippen molar-refractivity contribution in [3.63, 3.8) is 0 Å². The molecule has 5 rings (SSSR count). The van der Waals surface area contributed by atoms with E-state index in [1.165, 1.54) is 0 Å². The Morgan fingerprint density at radius 1 is 1.15 bits per heavy atom. The van der Waals surface area contributed by atoms with Crippen LogP contribution in [0.2, 0.25) is 5.02 Å². The predicted octanol–water partition coefficient (Wildman–Crippen LogP) is 6.93. The van der Waals surface area contributed by atoms with Gasteiger partial charge in [-0.25, -0.2) is 9.97 Å². The van der Waals surface area contributed by atoms with Gasteiger partial charge in [0.15, 0.2) is 5.78 Å². The Hall–Kier alpha value is -2.92. The van der Waals surface area contributed by atoms with Crippen LogP contribution in [0.3, 0.4) is 0 Å². The van der Waals surface area contributed by atoms with E-state index < -0.39 is 5.41 Å². The van der Waals surface area contributed by atoms with Crippen molar-refractivity contribution in [2.45, 2.75) is 47.0 Å². The molecule has 2 bridgehead atoms. The molecule has 0 radical (unpaired) electrons. The number of ketones is 1. The first-order valence-electron chi connectivity index (χ1n) is 11.4. The van der Waals surface area contributed by atoms with Crippen molar-refractivity contribution < 1.29 is 14.6 Å². The predicted molar refractivity (Wildman–Crippen MR) is 130 cm³/mol. The summed E-state index contributed by atoms with van der Waals surface area (Å²) in [4.78, 5) is 22.7. The third-order valence-electron chi connectivity index (χ3n) is 7.98. The summed E-state index contributed by atoms with van der Waals surface area (Å²) in [5, 5.41) is 11.9. The average Bonchev–Trinajstić information content (AvgIpc) is 2.97. The summed E-state index contributed by atoms with van der Waals surface area (Å²) in [5.41, 5.74) is 2.78. The van der Waals surface area contributed by atoms with Crippen LogP contribution in [-0.2, 0) is 11.2 Å². The smallest absolute Gasteiger partial charge is 0.238 e. The molecule has 1 saturated carbocycles. The second kappa shape index (κ2) is 7.56. The number of carbonyl (C=O) groups is 1. The van der Waals surface area contributed by atoms with E-state index in [0.717, 1.165) is 30.4 Å². The van der Waals surface area contributed by atoms with Crippen molar-refractivity contribution in [1.29, 1.82) is 0 Å². The summed E-state index contributed by atoms with van der Waals surface area (Å²) in [5.74, 6) is 1.10. The molecule has 1 fully saturated rings. The number of allylic oxidation sites excluding steroid dienone is 2. The van der Waals surface area contributed by atoms with E-state index in [1.807, 2.05) is 32.0 Å². The Balaban J connectivity index is 1.57. The topological polar surface area (TPSA) is 72.3 Å². The summed E-state index contributed by atoms with van der Waals surface area (Å²) in [6.07, 6.45) is 3.89. The third kappa shape index (κ3) is 3.24. The first kappa shape index (κ1) is 21.9. The fraction of sp³-hybridized carbons (Fsp3) is 0.370. The van der Waals surface area contributed by atoms with E-state index in [2.05, 4.69) is 23.8 Å². The van der Waals surface area contributed by atoms with E-state index in [1.54, 1.807) is 24.4 Å².